The number of carbonyl (C=O) groups is 2. The molecule has 2 bridgehead atoms. The van der Waals surface area contributed by atoms with Crippen LogP contribution in [-0.4, -0.2) is 42.4 Å². The zero-order chi connectivity index (χ0) is 25.3. The molecule has 3 saturated heterocycles. The van der Waals surface area contributed by atoms with Gasteiger partial charge in [0.25, 0.3) is 0 Å². The molecule has 3 fully saturated rings. The Balaban J connectivity index is 1.37. The lowest BCUT2D eigenvalue weighted by molar-refractivity contribution is -0.938. The predicted octanol–water partition coefficient (Wildman–Crippen LogP) is 5.48. The molecule has 186 valence electrons. The van der Waals surface area contributed by atoms with Gasteiger partial charge in [-0.1, -0.05) is 36.4 Å². The van der Waals surface area contributed by atoms with Crippen molar-refractivity contribution < 1.29 is 32.0 Å². The lowest BCUT2D eigenvalue weighted by Gasteiger charge is -2.51. The molecule has 7 heteroatoms. The van der Waals surface area contributed by atoms with E-state index in [1.807, 2.05) is 0 Å². The second-order valence-corrected chi connectivity index (χ2v) is 9.93. The molecule has 0 N–H and O–H groups in total. The molecule has 6 rings (SSSR count). The van der Waals surface area contributed by atoms with Gasteiger partial charge in [0.15, 0.2) is 6.10 Å². The maximum Gasteiger partial charge on any atom is 0.315 e. The van der Waals surface area contributed by atoms with Crippen LogP contribution >= 0.6 is 0 Å². The van der Waals surface area contributed by atoms with Crippen LogP contribution in [0.4, 0.5) is 13.2 Å². The molecule has 3 aliphatic heterocycles. The summed E-state index contributed by atoms with van der Waals surface area (Å²) < 4.78 is 48.1. The van der Waals surface area contributed by atoms with Crippen molar-refractivity contribution in [3.63, 3.8) is 0 Å². The van der Waals surface area contributed by atoms with Gasteiger partial charge in [0.2, 0.25) is 5.78 Å². The predicted molar refractivity (Wildman–Crippen MR) is 127 cm³/mol. The second kappa shape index (κ2) is 9.90. The number of carbonyl (C=O) groups excluding carboxylic acids is 2. The monoisotopic (exact) mass is 494 g/mol. The summed E-state index contributed by atoms with van der Waals surface area (Å²) in [6.45, 7) is 2.18. The summed E-state index contributed by atoms with van der Waals surface area (Å²) in [5.74, 6) is -2.31. The Morgan fingerprint density at radius 2 is 1.39 bits per heavy atom. The lowest BCUT2D eigenvalue weighted by Crippen LogP contribution is -2.64. The van der Waals surface area contributed by atoms with Gasteiger partial charge in [-0.2, -0.15) is 0 Å². The van der Waals surface area contributed by atoms with Crippen molar-refractivity contribution in [1.82, 2.24) is 0 Å². The number of quaternary nitrogens is 1. The van der Waals surface area contributed by atoms with Crippen LogP contribution in [0, 0.1) is 29.3 Å². The van der Waals surface area contributed by atoms with Crippen LogP contribution < -0.4 is 0 Å². The number of esters is 1. The normalized spacial score (nSPS) is 23.0. The Morgan fingerprint density at radius 3 is 1.94 bits per heavy atom. The van der Waals surface area contributed by atoms with E-state index in [4.69, 9.17) is 4.74 Å². The molecular weight excluding hydrogens is 467 g/mol. The maximum atomic E-state index is 14.0. The molecule has 36 heavy (non-hydrogen) atoms. The summed E-state index contributed by atoms with van der Waals surface area (Å²) in [6, 6.07) is 17.2. The van der Waals surface area contributed by atoms with Crippen LogP contribution in [0.1, 0.15) is 40.4 Å². The van der Waals surface area contributed by atoms with Crippen molar-refractivity contribution in [3.8, 4) is 0 Å². The number of halogens is 3. The first-order valence-electron chi connectivity index (χ1n) is 12.2. The van der Waals surface area contributed by atoms with Crippen LogP contribution in [0.25, 0.3) is 0 Å². The van der Waals surface area contributed by atoms with Crippen molar-refractivity contribution in [1.29, 1.82) is 0 Å². The van der Waals surface area contributed by atoms with Crippen LogP contribution in [0.2, 0.25) is 0 Å². The molecule has 3 aliphatic rings. The molecule has 1 unspecified atom stereocenters. The SMILES string of the molecule is O=C(C[N+]12CCC(CC1)C(C(=O)OC(c1cccc(F)c1)c1cccc(F)c1)C2)c1cccc(F)c1. The minimum Gasteiger partial charge on any atom is -0.452 e. The number of fused-ring (bicyclic) bond motifs is 3. The van der Waals surface area contributed by atoms with Crippen LogP contribution in [-0.2, 0) is 9.53 Å². The Kier molecular flexibility index (Phi) is 6.67. The topological polar surface area (TPSA) is 43.4 Å². The highest BCUT2D eigenvalue weighted by Crippen LogP contribution is 2.40. The number of piperidine rings is 3. The third kappa shape index (κ3) is 5.07. The third-order valence-corrected chi connectivity index (χ3v) is 7.57. The van der Waals surface area contributed by atoms with Crippen LogP contribution in [0.15, 0.2) is 72.8 Å². The highest BCUT2D eigenvalue weighted by molar-refractivity contribution is 5.97. The average Bonchev–Trinajstić information content (AvgIpc) is 2.87. The van der Waals surface area contributed by atoms with Crippen molar-refractivity contribution in [2.45, 2.75) is 18.9 Å². The number of hydrogen-bond donors (Lipinski definition) is 0. The van der Waals surface area contributed by atoms with E-state index >= 15 is 0 Å². The largest absolute Gasteiger partial charge is 0.452 e. The number of ketones is 1. The smallest absolute Gasteiger partial charge is 0.315 e. The molecule has 3 aromatic rings. The number of benzene rings is 3. The van der Waals surface area contributed by atoms with Gasteiger partial charge in [-0.05, 0) is 53.4 Å². The molecule has 0 spiro atoms. The van der Waals surface area contributed by atoms with Crippen molar-refractivity contribution in [2.75, 3.05) is 26.2 Å². The van der Waals surface area contributed by atoms with E-state index in [0.717, 1.165) is 25.9 Å². The highest BCUT2D eigenvalue weighted by atomic mass is 19.1. The van der Waals surface area contributed by atoms with Crippen LogP contribution in [0.3, 0.4) is 0 Å². The molecule has 1 atom stereocenters. The molecule has 0 amide bonds. The minimum absolute atomic E-state index is 0.127. The van der Waals surface area contributed by atoms with Crippen molar-refractivity contribution in [3.05, 3.63) is 107 Å². The Labute approximate surface area is 207 Å². The van der Waals surface area contributed by atoms with E-state index in [-0.39, 0.29) is 18.2 Å². The van der Waals surface area contributed by atoms with Gasteiger partial charge in [0.1, 0.15) is 29.9 Å². The number of hydrogen-bond acceptors (Lipinski definition) is 3. The highest BCUT2D eigenvalue weighted by Gasteiger charge is 2.50. The fraction of sp³-hybridized carbons (Fsp3) is 0.310. The Morgan fingerprint density at radius 1 is 0.833 bits per heavy atom. The maximum absolute atomic E-state index is 14.0. The molecule has 3 aromatic carbocycles. The molecular formula is C29H27F3NO3+. The van der Waals surface area contributed by atoms with E-state index in [1.165, 1.54) is 54.6 Å². The quantitative estimate of drug-likeness (QED) is 0.248. The number of Topliss-reactive ketones (excluding diaryl/α,β-unsaturated/α-hetero) is 1. The van der Waals surface area contributed by atoms with Gasteiger partial charge in [0, 0.05) is 18.4 Å². The minimum atomic E-state index is -0.957. The standard InChI is InChI=1S/C29H27F3NO3/c30-23-7-1-4-20(14-23)27(34)18-33-12-10-19(11-13-33)26(17-33)29(35)36-28(21-5-2-8-24(31)15-21)22-6-3-9-25(32)16-22/h1-9,14-16,19,26,28H,10-13,17-18H2/q+1. The molecule has 0 radical (unpaired) electrons. The van der Waals surface area contributed by atoms with Crippen LogP contribution in [0.5, 0.6) is 0 Å². The van der Waals surface area contributed by atoms with E-state index in [0.29, 0.717) is 27.7 Å². The molecule has 0 aromatic heterocycles. The van der Waals surface area contributed by atoms with Crippen molar-refractivity contribution in [2.24, 2.45) is 11.8 Å². The first-order chi connectivity index (χ1) is 17.3. The summed E-state index contributed by atoms with van der Waals surface area (Å²) in [6.07, 6.45) is 0.600. The summed E-state index contributed by atoms with van der Waals surface area (Å²) in [7, 11) is 0. The number of nitrogens with zero attached hydrogens (tertiary/aromatic N) is 1. The fourth-order valence-electron chi connectivity index (χ4n) is 5.71. The van der Waals surface area contributed by atoms with Gasteiger partial charge in [-0.15, -0.1) is 0 Å². The van der Waals surface area contributed by atoms with Gasteiger partial charge < -0.3 is 9.22 Å². The Bertz CT molecular complexity index is 1240. The molecule has 3 heterocycles. The third-order valence-electron chi connectivity index (χ3n) is 7.57. The number of ether oxygens (including phenoxy) is 1. The van der Waals surface area contributed by atoms with Gasteiger partial charge in [0.05, 0.1) is 19.6 Å². The summed E-state index contributed by atoms with van der Waals surface area (Å²) in [4.78, 5) is 26.5. The lowest BCUT2D eigenvalue weighted by atomic mass is 9.76. The van der Waals surface area contributed by atoms with E-state index in [2.05, 4.69) is 0 Å². The van der Waals surface area contributed by atoms with E-state index in [9.17, 15) is 22.8 Å². The fourth-order valence-corrected chi connectivity index (χ4v) is 5.71. The molecule has 0 aliphatic carbocycles. The Hall–Kier alpha value is -3.45. The van der Waals surface area contributed by atoms with Gasteiger partial charge in [-0.25, -0.2) is 13.2 Å². The van der Waals surface area contributed by atoms with Crippen molar-refractivity contribution >= 4 is 11.8 Å². The first-order valence-corrected chi connectivity index (χ1v) is 12.2. The summed E-state index contributed by atoms with van der Waals surface area (Å²) in [5.41, 5.74) is 1.16. The van der Waals surface area contributed by atoms with E-state index < -0.39 is 35.4 Å². The molecule has 4 nitrogen and oxygen atoms in total. The first kappa shape index (κ1) is 24.3. The van der Waals surface area contributed by atoms with Gasteiger partial charge >= 0.3 is 5.97 Å². The zero-order valence-electron chi connectivity index (χ0n) is 19.7. The summed E-state index contributed by atoms with van der Waals surface area (Å²) >= 11 is 0. The zero-order valence-corrected chi connectivity index (χ0v) is 19.7. The molecule has 0 saturated carbocycles. The average molecular weight is 495 g/mol. The second-order valence-electron chi connectivity index (χ2n) is 9.93. The van der Waals surface area contributed by atoms with E-state index in [1.54, 1.807) is 18.2 Å². The van der Waals surface area contributed by atoms with Gasteiger partial charge in [-0.3, -0.25) is 9.59 Å². The number of rotatable bonds is 7. The summed E-state index contributed by atoms with van der Waals surface area (Å²) in [5, 5.41) is 0.